The van der Waals surface area contributed by atoms with E-state index in [4.69, 9.17) is 0 Å². The topological polar surface area (TPSA) is 55.4 Å². The summed E-state index contributed by atoms with van der Waals surface area (Å²) in [5.41, 5.74) is 1.43. The number of benzene rings is 1. The summed E-state index contributed by atoms with van der Waals surface area (Å²) in [6.07, 6.45) is 0. The third-order valence-corrected chi connectivity index (χ3v) is 4.15. The van der Waals surface area contributed by atoms with Crippen LogP contribution in [0.5, 0.6) is 0 Å². The van der Waals surface area contributed by atoms with E-state index in [0.29, 0.717) is 12.1 Å². The number of nitrogens with one attached hydrogen (secondary N) is 1. The van der Waals surface area contributed by atoms with Crippen molar-refractivity contribution in [3.63, 3.8) is 0 Å². The van der Waals surface area contributed by atoms with E-state index in [0.717, 1.165) is 5.56 Å². The normalized spacial score (nSPS) is 12.1. The highest BCUT2D eigenvalue weighted by atomic mass is 79.9. The van der Waals surface area contributed by atoms with Gasteiger partial charge in [-0.1, -0.05) is 41.9 Å². The van der Waals surface area contributed by atoms with Crippen LogP contribution in [0.3, 0.4) is 0 Å². The Morgan fingerprint density at radius 1 is 1.26 bits per heavy atom. The van der Waals surface area contributed by atoms with Crippen LogP contribution >= 0.6 is 15.9 Å². The lowest BCUT2D eigenvalue weighted by Gasteiger charge is -2.13. The Hall–Kier alpha value is -1.36. The van der Waals surface area contributed by atoms with Gasteiger partial charge in [0.2, 0.25) is 5.91 Å². The Bertz CT molecular complexity index is 443. The number of rotatable bonds is 5. The summed E-state index contributed by atoms with van der Waals surface area (Å²) in [6.45, 7) is 4.39. The first-order valence-corrected chi connectivity index (χ1v) is 6.96. The number of hydrogen-bond acceptors (Lipinski definition) is 3. The molecule has 1 amide bonds. The maximum absolute atomic E-state index is 11.7. The Kier molecular flexibility index (Phi) is 6.02. The highest BCUT2D eigenvalue weighted by Crippen LogP contribution is 2.12. The van der Waals surface area contributed by atoms with Gasteiger partial charge < -0.3 is 10.1 Å². The van der Waals surface area contributed by atoms with E-state index in [1.54, 1.807) is 24.3 Å². The summed E-state index contributed by atoms with van der Waals surface area (Å²) in [5.74, 6) is -0.162. The third kappa shape index (κ3) is 4.67. The van der Waals surface area contributed by atoms with Crippen molar-refractivity contribution in [1.29, 1.82) is 0 Å². The summed E-state index contributed by atoms with van der Waals surface area (Å²) in [6, 6.07) is 6.96. The first kappa shape index (κ1) is 15.7. The molecule has 0 heterocycles. The van der Waals surface area contributed by atoms with E-state index in [1.807, 2.05) is 13.8 Å². The zero-order valence-electron chi connectivity index (χ0n) is 11.3. The molecule has 1 aromatic carbocycles. The van der Waals surface area contributed by atoms with Crippen LogP contribution in [-0.2, 0) is 16.1 Å². The number of ether oxygens (including phenoxy) is 1. The molecule has 1 aromatic rings. The van der Waals surface area contributed by atoms with Crippen molar-refractivity contribution in [2.45, 2.75) is 25.2 Å². The van der Waals surface area contributed by atoms with E-state index in [2.05, 4.69) is 26.0 Å². The molecule has 1 unspecified atom stereocenters. The van der Waals surface area contributed by atoms with Gasteiger partial charge in [0.1, 0.15) is 0 Å². The average molecular weight is 328 g/mol. The van der Waals surface area contributed by atoms with Crippen LogP contribution in [0, 0.1) is 5.92 Å². The second kappa shape index (κ2) is 7.28. The molecule has 4 nitrogen and oxygen atoms in total. The minimum absolute atomic E-state index is 0.0351. The first-order chi connectivity index (χ1) is 8.95. The molecule has 0 radical (unpaired) electrons. The molecular formula is C14H18BrNO3. The monoisotopic (exact) mass is 327 g/mol. The largest absolute Gasteiger partial charge is 0.465 e. The summed E-state index contributed by atoms with van der Waals surface area (Å²) in [5, 5.41) is 2.84. The van der Waals surface area contributed by atoms with Crippen LogP contribution in [0.25, 0.3) is 0 Å². The average Bonchev–Trinajstić information content (AvgIpc) is 2.43. The molecule has 0 saturated heterocycles. The van der Waals surface area contributed by atoms with Gasteiger partial charge in [-0.05, 0) is 23.6 Å². The molecule has 104 valence electrons. The number of amides is 1. The minimum Gasteiger partial charge on any atom is -0.465 e. The molecule has 0 aliphatic rings. The lowest BCUT2D eigenvalue weighted by Crippen LogP contribution is -2.33. The van der Waals surface area contributed by atoms with Gasteiger partial charge in [-0.3, -0.25) is 4.79 Å². The van der Waals surface area contributed by atoms with Crippen molar-refractivity contribution in [3.8, 4) is 0 Å². The number of hydrogen-bond donors (Lipinski definition) is 1. The van der Waals surface area contributed by atoms with Gasteiger partial charge in [0.15, 0.2) is 0 Å². The van der Waals surface area contributed by atoms with Crippen LogP contribution in [0.1, 0.15) is 29.8 Å². The molecule has 1 atom stereocenters. The smallest absolute Gasteiger partial charge is 0.337 e. The van der Waals surface area contributed by atoms with Crippen LogP contribution < -0.4 is 5.32 Å². The molecule has 0 aliphatic carbocycles. The Morgan fingerprint density at radius 3 is 2.32 bits per heavy atom. The second-order valence-electron chi connectivity index (χ2n) is 4.55. The highest BCUT2D eigenvalue weighted by molar-refractivity contribution is 9.10. The van der Waals surface area contributed by atoms with Crippen LogP contribution in [-0.4, -0.2) is 23.8 Å². The molecule has 0 fully saturated rings. The molecule has 19 heavy (non-hydrogen) atoms. The van der Waals surface area contributed by atoms with Crippen molar-refractivity contribution >= 4 is 27.8 Å². The quantitative estimate of drug-likeness (QED) is 0.667. The Balaban J connectivity index is 2.55. The molecule has 0 bridgehead atoms. The molecular weight excluding hydrogens is 310 g/mol. The summed E-state index contributed by atoms with van der Waals surface area (Å²) in [7, 11) is 1.35. The predicted molar refractivity (Wildman–Crippen MR) is 77.2 cm³/mol. The lowest BCUT2D eigenvalue weighted by molar-refractivity contribution is -0.121. The number of methoxy groups -OCH3 is 1. The van der Waals surface area contributed by atoms with Gasteiger partial charge in [0.25, 0.3) is 0 Å². The molecule has 1 N–H and O–H groups in total. The maximum atomic E-state index is 11.7. The van der Waals surface area contributed by atoms with Crippen molar-refractivity contribution in [2.75, 3.05) is 7.11 Å². The Morgan fingerprint density at radius 2 is 1.84 bits per heavy atom. The van der Waals surface area contributed by atoms with Gasteiger partial charge >= 0.3 is 5.97 Å². The van der Waals surface area contributed by atoms with Crippen molar-refractivity contribution in [2.24, 2.45) is 5.92 Å². The van der Waals surface area contributed by atoms with Gasteiger partial charge in [-0.25, -0.2) is 4.79 Å². The summed E-state index contributed by atoms with van der Waals surface area (Å²) in [4.78, 5) is 22.8. The fourth-order valence-electron chi connectivity index (χ4n) is 1.47. The molecule has 1 rings (SSSR count). The zero-order valence-corrected chi connectivity index (χ0v) is 12.9. The second-order valence-corrected chi connectivity index (χ2v) is 5.54. The van der Waals surface area contributed by atoms with Crippen LogP contribution in [0.4, 0.5) is 0 Å². The Labute approximate surface area is 121 Å². The van der Waals surface area contributed by atoms with Crippen LogP contribution in [0.2, 0.25) is 0 Å². The maximum Gasteiger partial charge on any atom is 0.337 e. The summed E-state index contributed by atoms with van der Waals surface area (Å²) >= 11 is 3.35. The summed E-state index contributed by atoms with van der Waals surface area (Å²) < 4.78 is 4.62. The number of carbonyl (C=O) groups excluding carboxylic acids is 2. The van der Waals surface area contributed by atoms with Gasteiger partial charge in [0, 0.05) is 6.54 Å². The number of esters is 1. The van der Waals surface area contributed by atoms with E-state index in [-0.39, 0.29) is 22.6 Å². The van der Waals surface area contributed by atoms with Crippen molar-refractivity contribution in [1.82, 2.24) is 5.32 Å². The molecule has 0 spiro atoms. The number of halogens is 1. The minimum atomic E-state index is -0.365. The molecule has 0 saturated carbocycles. The van der Waals surface area contributed by atoms with E-state index < -0.39 is 0 Å². The number of carbonyl (C=O) groups is 2. The van der Waals surface area contributed by atoms with E-state index >= 15 is 0 Å². The molecule has 5 heteroatoms. The van der Waals surface area contributed by atoms with Gasteiger partial charge in [-0.2, -0.15) is 0 Å². The zero-order chi connectivity index (χ0) is 14.4. The van der Waals surface area contributed by atoms with Gasteiger partial charge in [0.05, 0.1) is 17.5 Å². The standard InChI is InChI=1S/C14H18BrNO3/c1-9(2)12(15)13(17)16-8-10-4-6-11(7-5-10)14(18)19-3/h4-7,9,12H,8H2,1-3H3,(H,16,17). The number of alkyl halides is 1. The lowest BCUT2D eigenvalue weighted by atomic mass is 10.1. The van der Waals surface area contributed by atoms with Crippen LogP contribution in [0.15, 0.2) is 24.3 Å². The van der Waals surface area contributed by atoms with Crippen molar-refractivity contribution in [3.05, 3.63) is 35.4 Å². The van der Waals surface area contributed by atoms with E-state index in [9.17, 15) is 9.59 Å². The fraction of sp³-hybridized carbons (Fsp3) is 0.429. The molecule has 0 aliphatic heterocycles. The van der Waals surface area contributed by atoms with Crippen molar-refractivity contribution < 1.29 is 14.3 Å². The highest BCUT2D eigenvalue weighted by Gasteiger charge is 2.17. The van der Waals surface area contributed by atoms with E-state index in [1.165, 1.54) is 7.11 Å². The predicted octanol–water partition coefficient (Wildman–Crippen LogP) is 2.51. The fourth-order valence-corrected chi connectivity index (χ4v) is 1.63. The third-order valence-electron chi connectivity index (χ3n) is 2.68. The molecule has 0 aromatic heterocycles. The SMILES string of the molecule is COC(=O)c1ccc(CNC(=O)C(Br)C(C)C)cc1. The first-order valence-electron chi connectivity index (χ1n) is 6.04. The van der Waals surface area contributed by atoms with Gasteiger partial charge in [-0.15, -0.1) is 0 Å².